The van der Waals surface area contributed by atoms with E-state index in [2.05, 4.69) is 9.62 Å². The predicted molar refractivity (Wildman–Crippen MR) is 107 cm³/mol. The molecule has 3 N–H and O–H groups in total. The maximum atomic E-state index is 12.5. The summed E-state index contributed by atoms with van der Waals surface area (Å²) in [6.45, 7) is 1.55. The molecule has 0 spiro atoms. The summed E-state index contributed by atoms with van der Waals surface area (Å²) in [5, 5.41) is 0. The highest BCUT2D eigenvalue weighted by atomic mass is 32.2. The molecule has 7 nitrogen and oxygen atoms in total. The summed E-state index contributed by atoms with van der Waals surface area (Å²) in [5.41, 5.74) is 6.86. The van der Waals surface area contributed by atoms with Gasteiger partial charge in [0.25, 0.3) is 0 Å². The second-order valence-electron chi connectivity index (χ2n) is 6.37. The summed E-state index contributed by atoms with van der Waals surface area (Å²) in [6.07, 6.45) is 0.862. The van der Waals surface area contributed by atoms with Crippen LogP contribution in [0.15, 0.2) is 47.4 Å². The number of benzene rings is 2. The molecule has 0 aromatic heterocycles. The van der Waals surface area contributed by atoms with Crippen molar-refractivity contribution < 1.29 is 17.9 Å². The molecule has 2 aromatic rings. The van der Waals surface area contributed by atoms with E-state index in [1.807, 2.05) is 14.1 Å². The summed E-state index contributed by atoms with van der Waals surface area (Å²) in [5.74, 6) is 1.26. The number of sulfonamides is 1. The highest BCUT2D eigenvalue weighted by molar-refractivity contribution is 7.89. The van der Waals surface area contributed by atoms with Crippen LogP contribution in [-0.4, -0.2) is 47.7 Å². The lowest BCUT2D eigenvalue weighted by Crippen LogP contribution is -2.23. The number of nitrogen functional groups attached to an aromatic ring is 1. The third-order valence-electron chi connectivity index (χ3n) is 3.92. The van der Waals surface area contributed by atoms with Gasteiger partial charge in [-0.1, -0.05) is 6.07 Å². The van der Waals surface area contributed by atoms with Crippen molar-refractivity contribution in [3.8, 4) is 11.5 Å². The largest absolute Gasteiger partial charge is 0.497 e. The second kappa shape index (κ2) is 9.59. The Bertz CT molecular complexity index is 837. The zero-order valence-corrected chi connectivity index (χ0v) is 16.8. The Kier molecular flexibility index (Phi) is 7.46. The molecule has 0 aliphatic carbocycles. The van der Waals surface area contributed by atoms with Crippen molar-refractivity contribution in [3.05, 3.63) is 48.0 Å². The molecular formula is C19H27N3O4S. The Morgan fingerprint density at radius 2 is 1.81 bits per heavy atom. The van der Waals surface area contributed by atoms with E-state index in [-0.39, 0.29) is 11.4 Å². The lowest BCUT2D eigenvalue weighted by Gasteiger charge is -2.15. The van der Waals surface area contributed by atoms with Crippen LogP contribution in [0.3, 0.4) is 0 Å². The molecule has 8 heteroatoms. The lowest BCUT2D eigenvalue weighted by molar-refractivity contribution is 0.278. The van der Waals surface area contributed by atoms with Crippen molar-refractivity contribution in [2.75, 3.05) is 40.1 Å². The maximum absolute atomic E-state index is 12.5. The molecule has 27 heavy (non-hydrogen) atoms. The standard InChI is InChI=1S/C19H27N3O4S/c1-22(2)11-4-12-26-19-13-17(25-3)8-5-15(19)14-21-27(23,24)18-9-6-16(20)7-10-18/h5-10,13,21H,4,11-12,14,20H2,1-3H3. The number of ether oxygens (including phenoxy) is 2. The van der Waals surface area contributed by atoms with Crippen LogP contribution in [0.5, 0.6) is 11.5 Å². The first-order valence-electron chi connectivity index (χ1n) is 8.61. The fraction of sp³-hybridized carbons (Fsp3) is 0.368. The molecule has 2 aromatic carbocycles. The van der Waals surface area contributed by atoms with E-state index in [1.165, 1.54) is 12.1 Å². The minimum Gasteiger partial charge on any atom is -0.497 e. The van der Waals surface area contributed by atoms with Crippen LogP contribution in [0, 0.1) is 0 Å². The highest BCUT2D eigenvalue weighted by Gasteiger charge is 2.15. The fourth-order valence-corrected chi connectivity index (χ4v) is 3.41. The first-order chi connectivity index (χ1) is 12.8. The predicted octanol–water partition coefficient (Wildman–Crippen LogP) is 2.09. The van der Waals surface area contributed by atoms with E-state index in [1.54, 1.807) is 37.4 Å². The monoisotopic (exact) mass is 393 g/mol. The van der Waals surface area contributed by atoms with Gasteiger partial charge in [0, 0.05) is 30.4 Å². The van der Waals surface area contributed by atoms with Gasteiger partial charge in [-0.25, -0.2) is 13.1 Å². The smallest absolute Gasteiger partial charge is 0.240 e. The van der Waals surface area contributed by atoms with Crippen LogP contribution in [0.1, 0.15) is 12.0 Å². The van der Waals surface area contributed by atoms with Gasteiger partial charge in [-0.3, -0.25) is 0 Å². The molecule has 0 saturated heterocycles. The van der Waals surface area contributed by atoms with Crippen molar-refractivity contribution in [3.63, 3.8) is 0 Å². The Morgan fingerprint density at radius 3 is 2.44 bits per heavy atom. The lowest BCUT2D eigenvalue weighted by atomic mass is 10.2. The van der Waals surface area contributed by atoms with Gasteiger partial charge in [0.05, 0.1) is 18.6 Å². The second-order valence-corrected chi connectivity index (χ2v) is 8.14. The Labute approximate surface area is 161 Å². The summed E-state index contributed by atoms with van der Waals surface area (Å²) < 4.78 is 38.6. The highest BCUT2D eigenvalue weighted by Crippen LogP contribution is 2.25. The summed E-state index contributed by atoms with van der Waals surface area (Å²) >= 11 is 0. The fourth-order valence-electron chi connectivity index (χ4n) is 2.41. The Balaban J connectivity index is 2.08. The van der Waals surface area contributed by atoms with Gasteiger partial charge in [0.2, 0.25) is 10.0 Å². The van der Waals surface area contributed by atoms with E-state index < -0.39 is 10.0 Å². The normalized spacial score (nSPS) is 11.6. The van der Waals surface area contributed by atoms with Crippen molar-refractivity contribution in [1.82, 2.24) is 9.62 Å². The quantitative estimate of drug-likeness (QED) is 0.474. The van der Waals surface area contributed by atoms with Crippen LogP contribution >= 0.6 is 0 Å². The molecule has 0 aliphatic heterocycles. The molecule has 0 heterocycles. The Hall–Kier alpha value is -2.29. The molecule has 0 fully saturated rings. The minimum absolute atomic E-state index is 0.111. The Morgan fingerprint density at radius 1 is 1.11 bits per heavy atom. The summed E-state index contributed by atoms with van der Waals surface area (Å²) in [4.78, 5) is 2.25. The van der Waals surface area contributed by atoms with Gasteiger partial charge in [0.1, 0.15) is 11.5 Å². The van der Waals surface area contributed by atoms with E-state index in [9.17, 15) is 8.42 Å². The molecule has 0 amide bonds. The zero-order chi connectivity index (χ0) is 19.9. The van der Waals surface area contributed by atoms with Crippen LogP contribution < -0.4 is 19.9 Å². The maximum Gasteiger partial charge on any atom is 0.240 e. The van der Waals surface area contributed by atoms with Crippen molar-refractivity contribution in [2.24, 2.45) is 0 Å². The number of hydrogen-bond donors (Lipinski definition) is 2. The number of anilines is 1. The van der Waals surface area contributed by atoms with Gasteiger partial charge < -0.3 is 20.1 Å². The van der Waals surface area contributed by atoms with Gasteiger partial charge >= 0.3 is 0 Å². The third-order valence-corrected chi connectivity index (χ3v) is 5.34. The van der Waals surface area contributed by atoms with Crippen LogP contribution in [0.2, 0.25) is 0 Å². The SMILES string of the molecule is COc1ccc(CNS(=O)(=O)c2ccc(N)cc2)c(OCCCN(C)C)c1. The molecule has 0 radical (unpaired) electrons. The van der Waals surface area contributed by atoms with E-state index in [4.69, 9.17) is 15.2 Å². The van der Waals surface area contributed by atoms with Gasteiger partial charge in [-0.2, -0.15) is 0 Å². The number of methoxy groups -OCH3 is 1. The minimum atomic E-state index is -3.64. The topological polar surface area (TPSA) is 93.9 Å². The van der Waals surface area contributed by atoms with E-state index in [0.717, 1.165) is 18.5 Å². The number of nitrogens with zero attached hydrogens (tertiary/aromatic N) is 1. The first-order valence-corrected chi connectivity index (χ1v) is 10.1. The third kappa shape index (κ3) is 6.42. The first kappa shape index (κ1) is 21.0. The van der Waals surface area contributed by atoms with Crippen LogP contribution in [0.25, 0.3) is 0 Å². The van der Waals surface area contributed by atoms with Gasteiger partial charge in [-0.15, -0.1) is 0 Å². The van der Waals surface area contributed by atoms with Crippen LogP contribution in [0.4, 0.5) is 5.69 Å². The molecule has 0 aliphatic rings. The number of rotatable bonds is 10. The summed E-state index contributed by atoms with van der Waals surface area (Å²) in [7, 11) is 1.94. The average molecular weight is 394 g/mol. The van der Waals surface area contributed by atoms with Crippen molar-refractivity contribution >= 4 is 15.7 Å². The molecule has 0 saturated carbocycles. The average Bonchev–Trinajstić information content (AvgIpc) is 2.64. The molecule has 148 valence electrons. The zero-order valence-electron chi connectivity index (χ0n) is 15.9. The van der Waals surface area contributed by atoms with Crippen molar-refractivity contribution in [2.45, 2.75) is 17.9 Å². The number of hydrogen-bond acceptors (Lipinski definition) is 6. The van der Waals surface area contributed by atoms with Crippen LogP contribution in [-0.2, 0) is 16.6 Å². The molecule has 2 rings (SSSR count). The van der Waals surface area contributed by atoms with Crippen molar-refractivity contribution in [1.29, 1.82) is 0 Å². The van der Waals surface area contributed by atoms with Gasteiger partial charge in [0.15, 0.2) is 0 Å². The number of nitrogens with two attached hydrogens (primary N) is 1. The molecule has 0 bridgehead atoms. The van der Waals surface area contributed by atoms with E-state index in [0.29, 0.717) is 23.8 Å². The number of nitrogens with one attached hydrogen (secondary N) is 1. The molecule has 0 atom stereocenters. The molecule has 0 unspecified atom stereocenters. The van der Waals surface area contributed by atoms with Gasteiger partial charge in [-0.05, 0) is 50.8 Å². The van der Waals surface area contributed by atoms with E-state index >= 15 is 0 Å². The molecular weight excluding hydrogens is 366 g/mol. The summed E-state index contributed by atoms with van der Waals surface area (Å²) in [6, 6.07) is 11.4.